The number of halogens is 1. The lowest BCUT2D eigenvalue weighted by Crippen LogP contribution is -2.22. The zero-order chi connectivity index (χ0) is 15.3. The molecular formula is C12H12IN5O2. The van der Waals surface area contributed by atoms with Crippen LogP contribution in [0, 0.1) is 27.2 Å². The largest absolute Gasteiger partial charge is 0.465 e. The number of hydrazone groups is 1. The molecular weight excluding hydrogens is 373 g/mol. The van der Waals surface area contributed by atoms with Crippen LogP contribution in [0.5, 0.6) is 0 Å². The Hall–Kier alpha value is -2.15. The Bertz CT molecular complexity index is 633. The van der Waals surface area contributed by atoms with E-state index in [1.54, 1.807) is 18.2 Å². The molecule has 0 heterocycles. The van der Waals surface area contributed by atoms with E-state index in [9.17, 15) is 4.79 Å². The summed E-state index contributed by atoms with van der Waals surface area (Å²) in [5.41, 5.74) is 9.08. The summed E-state index contributed by atoms with van der Waals surface area (Å²) < 4.78 is 5.58. The molecule has 8 heteroatoms. The number of methoxy groups -OCH3 is 1. The fourth-order valence-corrected chi connectivity index (χ4v) is 1.78. The van der Waals surface area contributed by atoms with E-state index in [1.165, 1.54) is 7.11 Å². The van der Waals surface area contributed by atoms with Gasteiger partial charge >= 0.3 is 5.97 Å². The Kier molecular flexibility index (Phi) is 5.45. The first-order chi connectivity index (χ1) is 9.40. The molecule has 1 rings (SSSR count). The number of rotatable bonds is 4. The van der Waals surface area contributed by atoms with Crippen LogP contribution in [0.15, 0.2) is 17.2 Å². The van der Waals surface area contributed by atoms with E-state index in [0.717, 1.165) is 9.13 Å². The molecule has 7 nitrogen and oxygen atoms in total. The average molecular weight is 385 g/mol. The molecule has 0 atom stereocenters. The number of carbonyl (C=O) groups excluding carboxylic acids is 1. The lowest BCUT2D eigenvalue weighted by atomic mass is 10.1. The van der Waals surface area contributed by atoms with Crippen LogP contribution in [0.4, 0.5) is 5.69 Å². The fraction of sp³-hybridized carbons (Fsp3) is 0.167. The number of carbonyl (C=O) groups is 1. The zero-order valence-electron chi connectivity index (χ0n) is 10.8. The Morgan fingerprint density at radius 1 is 1.60 bits per heavy atom. The second kappa shape index (κ2) is 6.85. The summed E-state index contributed by atoms with van der Waals surface area (Å²) in [7, 11) is 1.28. The lowest BCUT2D eigenvalue weighted by Gasteiger charge is -2.10. The molecule has 1 aromatic carbocycles. The lowest BCUT2D eigenvalue weighted by molar-refractivity contribution is 0.0601. The Morgan fingerprint density at radius 2 is 2.25 bits per heavy atom. The quantitative estimate of drug-likeness (QED) is 0.239. The van der Waals surface area contributed by atoms with Crippen LogP contribution in [0.3, 0.4) is 0 Å². The Labute approximate surface area is 129 Å². The van der Waals surface area contributed by atoms with Gasteiger partial charge in [0.15, 0.2) is 5.84 Å². The number of ether oxygens (including phenoxy) is 1. The predicted octanol–water partition coefficient (Wildman–Crippen LogP) is 1.61. The molecule has 0 aliphatic carbocycles. The van der Waals surface area contributed by atoms with Crippen LogP contribution in [0.2, 0.25) is 0 Å². The third-order valence-electron chi connectivity index (χ3n) is 2.35. The summed E-state index contributed by atoms with van der Waals surface area (Å²) >= 11 is 2.10. The van der Waals surface area contributed by atoms with Crippen molar-refractivity contribution in [3.8, 4) is 6.07 Å². The monoisotopic (exact) mass is 385 g/mol. The molecule has 0 unspecified atom stereocenters. The maximum absolute atomic E-state index is 11.7. The number of anilines is 1. The van der Waals surface area contributed by atoms with Crippen molar-refractivity contribution < 1.29 is 9.53 Å². The highest BCUT2D eigenvalue weighted by Gasteiger charge is 2.14. The van der Waals surface area contributed by atoms with Gasteiger partial charge in [-0.05, 0) is 47.2 Å². The molecule has 20 heavy (non-hydrogen) atoms. The minimum atomic E-state index is -0.526. The molecule has 0 aliphatic rings. The first-order valence-electron chi connectivity index (χ1n) is 5.37. The standard InChI is InChI=1S/C12H12IN5O2/c1-6-3-9(17-18-10(5-14)11(15)16)7(4-8(6)13)12(19)20-2/h3-4,17H,1-2H3,(H3,15,16)/b18-10+. The third-order valence-corrected chi connectivity index (χ3v) is 3.52. The van der Waals surface area contributed by atoms with Gasteiger partial charge in [0.25, 0.3) is 0 Å². The van der Waals surface area contributed by atoms with Crippen LogP contribution in [-0.4, -0.2) is 24.6 Å². The molecule has 0 saturated heterocycles. The molecule has 0 bridgehead atoms. The van der Waals surface area contributed by atoms with E-state index >= 15 is 0 Å². The highest BCUT2D eigenvalue weighted by Crippen LogP contribution is 2.23. The van der Waals surface area contributed by atoms with Gasteiger partial charge in [-0.3, -0.25) is 10.8 Å². The third kappa shape index (κ3) is 3.67. The van der Waals surface area contributed by atoms with E-state index in [4.69, 9.17) is 16.4 Å². The van der Waals surface area contributed by atoms with Crippen molar-refractivity contribution >= 4 is 45.8 Å². The van der Waals surface area contributed by atoms with Crippen LogP contribution in [-0.2, 0) is 4.74 Å². The molecule has 0 aliphatic heterocycles. The second-order valence-corrected chi connectivity index (χ2v) is 4.90. The molecule has 4 N–H and O–H groups in total. The smallest absolute Gasteiger partial charge is 0.340 e. The normalized spacial score (nSPS) is 10.6. The van der Waals surface area contributed by atoms with E-state index in [-0.39, 0.29) is 11.3 Å². The van der Waals surface area contributed by atoms with E-state index in [0.29, 0.717) is 5.69 Å². The van der Waals surface area contributed by atoms with Gasteiger partial charge in [0, 0.05) is 3.57 Å². The SMILES string of the molecule is COC(=O)c1cc(I)c(C)cc1N/N=C(\C#N)C(=N)N. The number of nitrogens with one attached hydrogen (secondary N) is 2. The molecule has 0 amide bonds. The predicted molar refractivity (Wildman–Crippen MR) is 83.8 cm³/mol. The molecule has 1 aromatic rings. The van der Waals surface area contributed by atoms with Gasteiger partial charge in [-0.2, -0.15) is 10.4 Å². The molecule has 0 spiro atoms. The Balaban J connectivity index is 3.24. The van der Waals surface area contributed by atoms with E-state index in [1.807, 2.05) is 6.92 Å². The number of nitrogens with two attached hydrogens (primary N) is 1. The maximum Gasteiger partial charge on any atom is 0.340 e. The first kappa shape index (κ1) is 15.9. The van der Waals surface area contributed by atoms with Gasteiger partial charge in [-0.1, -0.05) is 0 Å². The summed E-state index contributed by atoms with van der Waals surface area (Å²) in [6, 6.07) is 5.03. The summed E-state index contributed by atoms with van der Waals surface area (Å²) in [5.74, 6) is -0.983. The average Bonchev–Trinajstić information content (AvgIpc) is 2.41. The van der Waals surface area contributed by atoms with Crippen molar-refractivity contribution in [1.29, 1.82) is 10.7 Å². The summed E-state index contributed by atoms with van der Waals surface area (Å²) in [5, 5.41) is 19.6. The van der Waals surface area contributed by atoms with Crippen LogP contribution in [0.25, 0.3) is 0 Å². The molecule has 0 fully saturated rings. The summed E-state index contributed by atoms with van der Waals surface area (Å²) in [6.45, 7) is 1.87. The maximum atomic E-state index is 11.7. The zero-order valence-corrected chi connectivity index (χ0v) is 13.0. The number of aryl methyl sites for hydroxylation is 1. The fourth-order valence-electron chi connectivity index (χ4n) is 1.31. The van der Waals surface area contributed by atoms with Crippen molar-refractivity contribution in [2.45, 2.75) is 6.92 Å². The van der Waals surface area contributed by atoms with Gasteiger partial charge < -0.3 is 10.5 Å². The highest BCUT2D eigenvalue weighted by molar-refractivity contribution is 14.1. The highest BCUT2D eigenvalue weighted by atomic mass is 127. The van der Waals surface area contributed by atoms with E-state index in [2.05, 4.69) is 37.9 Å². The number of benzene rings is 1. The van der Waals surface area contributed by atoms with Gasteiger partial charge in [0.2, 0.25) is 5.71 Å². The van der Waals surface area contributed by atoms with Gasteiger partial charge in [-0.25, -0.2) is 4.79 Å². The van der Waals surface area contributed by atoms with Gasteiger partial charge in [0.05, 0.1) is 18.4 Å². The number of nitrogens with zero attached hydrogens (tertiary/aromatic N) is 2. The minimum absolute atomic E-state index is 0.267. The molecule has 0 saturated carbocycles. The van der Waals surface area contributed by atoms with Crippen molar-refractivity contribution in [2.24, 2.45) is 10.8 Å². The molecule has 104 valence electrons. The van der Waals surface area contributed by atoms with Crippen molar-refractivity contribution in [2.75, 3.05) is 12.5 Å². The van der Waals surface area contributed by atoms with E-state index < -0.39 is 11.8 Å². The molecule has 0 radical (unpaired) electrons. The second-order valence-electron chi connectivity index (χ2n) is 3.74. The van der Waals surface area contributed by atoms with Crippen molar-refractivity contribution in [3.63, 3.8) is 0 Å². The minimum Gasteiger partial charge on any atom is -0.465 e. The molecule has 0 aromatic heterocycles. The van der Waals surface area contributed by atoms with Crippen LogP contribution < -0.4 is 11.2 Å². The Morgan fingerprint density at radius 3 is 2.75 bits per heavy atom. The van der Waals surface area contributed by atoms with Gasteiger partial charge in [-0.15, -0.1) is 0 Å². The summed E-state index contributed by atoms with van der Waals surface area (Å²) in [6.07, 6.45) is 0. The number of esters is 1. The van der Waals surface area contributed by atoms with Crippen LogP contribution in [0.1, 0.15) is 15.9 Å². The number of amidine groups is 1. The van der Waals surface area contributed by atoms with Crippen LogP contribution >= 0.6 is 22.6 Å². The topological polar surface area (TPSA) is 124 Å². The number of hydrogen-bond acceptors (Lipinski definition) is 6. The number of hydrogen-bond donors (Lipinski definition) is 3. The van der Waals surface area contributed by atoms with Crippen molar-refractivity contribution in [3.05, 3.63) is 26.8 Å². The number of nitriles is 1. The van der Waals surface area contributed by atoms with Crippen molar-refractivity contribution in [1.82, 2.24) is 0 Å². The summed E-state index contributed by atoms with van der Waals surface area (Å²) in [4.78, 5) is 11.7. The van der Waals surface area contributed by atoms with Gasteiger partial charge in [0.1, 0.15) is 6.07 Å². The first-order valence-corrected chi connectivity index (χ1v) is 6.45.